The molecule has 4 atom stereocenters. The molecule has 0 aliphatic carbocycles. The molecule has 0 spiro atoms. The minimum atomic E-state index is -1.53. The number of carboxylic acid groups (broad SMARTS) is 1. The van der Waals surface area contributed by atoms with Gasteiger partial charge in [-0.2, -0.15) is 4.99 Å². The SMILES string of the molecule is CC(CCCC[C@H](NC(=O)OC(C)(C)C)C(=O)N1C[C@@H](CCB(O)O)C[C@](C)(C(=O)O)[C@@H]1C)=NC(=O)OCc1ccccc1. The second kappa shape index (κ2) is 16.6. The maximum atomic E-state index is 13.9. The molecule has 44 heavy (non-hydrogen) atoms. The van der Waals surface area contributed by atoms with Crippen LogP contribution in [0.15, 0.2) is 35.3 Å². The van der Waals surface area contributed by atoms with Gasteiger partial charge in [0.05, 0.1) is 5.41 Å². The molecule has 1 aliphatic rings. The van der Waals surface area contributed by atoms with Gasteiger partial charge in [-0.05, 0) is 85.0 Å². The third-order valence-electron chi connectivity index (χ3n) is 7.92. The van der Waals surface area contributed by atoms with Gasteiger partial charge in [0.2, 0.25) is 5.91 Å². The van der Waals surface area contributed by atoms with E-state index in [4.69, 9.17) is 9.47 Å². The van der Waals surface area contributed by atoms with E-state index in [-0.39, 0.29) is 38.2 Å². The highest BCUT2D eigenvalue weighted by molar-refractivity contribution is 6.40. The molecule has 1 saturated heterocycles. The van der Waals surface area contributed by atoms with Crippen LogP contribution in [0.1, 0.15) is 85.6 Å². The number of piperidine rings is 1. The number of likely N-dealkylation sites (tertiary alicyclic amines) is 1. The molecule has 0 aromatic heterocycles. The van der Waals surface area contributed by atoms with Crippen molar-refractivity contribution in [1.82, 2.24) is 10.2 Å². The molecule has 12 nitrogen and oxygen atoms in total. The van der Waals surface area contributed by atoms with Crippen LogP contribution in [0, 0.1) is 11.3 Å². The molecule has 0 unspecified atom stereocenters. The number of hydrogen-bond acceptors (Lipinski definition) is 8. The Kier molecular flexibility index (Phi) is 13.8. The van der Waals surface area contributed by atoms with Crippen molar-refractivity contribution in [2.75, 3.05) is 6.54 Å². The van der Waals surface area contributed by atoms with Gasteiger partial charge >= 0.3 is 25.3 Å². The number of nitrogens with one attached hydrogen (secondary N) is 1. The lowest BCUT2D eigenvalue weighted by atomic mass is 9.68. The molecule has 0 saturated carbocycles. The van der Waals surface area contributed by atoms with Gasteiger partial charge in [0, 0.05) is 18.3 Å². The molecule has 3 amide bonds. The Balaban J connectivity index is 2.10. The molecule has 1 heterocycles. The van der Waals surface area contributed by atoms with Crippen LogP contribution in [0.5, 0.6) is 0 Å². The van der Waals surface area contributed by atoms with E-state index in [9.17, 15) is 34.3 Å². The topological polar surface area (TPSA) is 175 Å². The van der Waals surface area contributed by atoms with E-state index >= 15 is 0 Å². The van der Waals surface area contributed by atoms with Crippen LogP contribution in [0.4, 0.5) is 9.59 Å². The summed E-state index contributed by atoms with van der Waals surface area (Å²) in [6.45, 7) is 10.5. The Bertz CT molecular complexity index is 1160. The van der Waals surface area contributed by atoms with Gasteiger partial charge in [-0.15, -0.1) is 0 Å². The molecule has 2 rings (SSSR count). The average Bonchev–Trinajstić information content (AvgIpc) is 2.93. The summed E-state index contributed by atoms with van der Waals surface area (Å²) < 4.78 is 10.6. The quantitative estimate of drug-likeness (QED) is 0.142. The van der Waals surface area contributed by atoms with Crippen LogP contribution < -0.4 is 5.32 Å². The van der Waals surface area contributed by atoms with E-state index in [2.05, 4.69) is 10.3 Å². The predicted molar refractivity (Wildman–Crippen MR) is 166 cm³/mol. The third kappa shape index (κ3) is 11.9. The second-order valence-corrected chi connectivity index (χ2v) is 12.8. The molecule has 0 bridgehead atoms. The van der Waals surface area contributed by atoms with Crippen molar-refractivity contribution in [3.05, 3.63) is 35.9 Å². The third-order valence-corrected chi connectivity index (χ3v) is 7.92. The summed E-state index contributed by atoms with van der Waals surface area (Å²) in [5, 5.41) is 31.5. The highest BCUT2D eigenvalue weighted by Gasteiger charge is 2.50. The standard InChI is InChI=1S/C31H48BN3O9/c1-21(33-28(39)43-20-23-13-8-7-9-14-23)12-10-11-15-25(34-29(40)44-30(3,4)5)26(36)35-19-24(16-17-32(41)42)18-31(6,22(35)2)27(37)38/h7-9,13-14,22,24-25,41-42H,10-12,15-20H2,1-6H3,(H,34,40)(H,37,38)/t22-,24-,25-,31-/m0/s1. The summed E-state index contributed by atoms with van der Waals surface area (Å²) >= 11 is 0. The van der Waals surface area contributed by atoms with Crippen molar-refractivity contribution in [3.8, 4) is 0 Å². The van der Waals surface area contributed by atoms with E-state index in [0.29, 0.717) is 31.4 Å². The number of hydrogen-bond donors (Lipinski definition) is 4. The summed E-state index contributed by atoms with van der Waals surface area (Å²) in [6.07, 6.45) is 0.987. The lowest BCUT2D eigenvalue weighted by Gasteiger charge is -2.48. The van der Waals surface area contributed by atoms with Crippen molar-refractivity contribution < 1.29 is 43.8 Å². The van der Waals surface area contributed by atoms with Gasteiger partial charge in [0.15, 0.2) is 0 Å². The first kappa shape index (κ1) is 36.7. The summed E-state index contributed by atoms with van der Waals surface area (Å²) in [6, 6.07) is 7.61. The van der Waals surface area contributed by atoms with Crippen molar-refractivity contribution in [2.24, 2.45) is 16.3 Å². The summed E-state index contributed by atoms with van der Waals surface area (Å²) in [7, 11) is -1.53. The van der Waals surface area contributed by atoms with Gasteiger partial charge in [0.1, 0.15) is 18.2 Å². The number of carbonyl (C=O) groups excluding carboxylic acids is 3. The maximum Gasteiger partial charge on any atom is 0.451 e. The van der Waals surface area contributed by atoms with Gasteiger partial charge in [-0.3, -0.25) is 9.59 Å². The van der Waals surface area contributed by atoms with Crippen LogP contribution in [0.25, 0.3) is 0 Å². The lowest BCUT2D eigenvalue weighted by molar-refractivity contribution is -0.162. The molecule has 1 aliphatic heterocycles. The van der Waals surface area contributed by atoms with E-state index in [1.165, 1.54) is 4.90 Å². The number of benzene rings is 1. The Morgan fingerprint density at radius 3 is 2.41 bits per heavy atom. The van der Waals surface area contributed by atoms with Crippen LogP contribution in [-0.4, -0.2) is 81.2 Å². The number of alkyl carbamates (subject to hydrolysis) is 1. The molecule has 13 heteroatoms. The summed E-state index contributed by atoms with van der Waals surface area (Å²) in [5.74, 6) is -1.76. The normalized spacial score (nSPS) is 21.3. The number of nitrogens with zero attached hydrogens (tertiary/aromatic N) is 2. The minimum Gasteiger partial charge on any atom is -0.481 e. The second-order valence-electron chi connectivity index (χ2n) is 12.8. The predicted octanol–water partition coefficient (Wildman–Crippen LogP) is 4.43. The first-order valence-corrected chi connectivity index (χ1v) is 15.2. The van der Waals surface area contributed by atoms with Gasteiger partial charge in [0.25, 0.3) is 0 Å². The Morgan fingerprint density at radius 2 is 1.82 bits per heavy atom. The molecular formula is C31H48BN3O9. The largest absolute Gasteiger partial charge is 0.481 e. The monoisotopic (exact) mass is 617 g/mol. The molecule has 244 valence electrons. The minimum absolute atomic E-state index is 0.0526. The van der Waals surface area contributed by atoms with Crippen molar-refractivity contribution >= 4 is 36.9 Å². The van der Waals surface area contributed by atoms with Crippen molar-refractivity contribution in [3.63, 3.8) is 0 Å². The van der Waals surface area contributed by atoms with Gasteiger partial charge in [-0.25, -0.2) is 9.59 Å². The van der Waals surface area contributed by atoms with Crippen LogP contribution in [0.3, 0.4) is 0 Å². The fourth-order valence-electron chi connectivity index (χ4n) is 5.34. The number of rotatable bonds is 13. The Labute approximate surface area is 260 Å². The zero-order valence-electron chi connectivity index (χ0n) is 26.7. The smallest absolute Gasteiger partial charge is 0.451 e. The van der Waals surface area contributed by atoms with Crippen LogP contribution in [-0.2, 0) is 25.7 Å². The highest BCUT2D eigenvalue weighted by atomic mass is 16.6. The number of aliphatic imine (C=N–C) groups is 1. The molecule has 1 aromatic rings. The first-order chi connectivity index (χ1) is 20.5. The number of ether oxygens (including phenoxy) is 2. The Hall–Kier alpha value is -3.45. The average molecular weight is 618 g/mol. The van der Waals surface area contributed by atoms with E-state index in [1.807, 2.05) is 30.3 Å². The summed E-state index contributed by atoms with van der Waals surface area (Å²) in [5.41, 5.74) is -0.637. The number of carbonyl (C=O) groups is 4. The number of carboxylic acids is 1. The fraction of sp³-hybridized carbons (Fsp3) is 0.645. The first-order valence-electron chi connectivity index (χ1n) is 15.2. The summed E-state index contributed by atoms with van der Waals surface area (Å²) in [4.78, 5) is 56.6. The molecule has 1 aromatic carbocycles. The van der Waals surface area contributed by atoms with E-state index in [1.54, 1.807) is 41.5 Å². The highest BCUT2D eigenvalue weighted by Crippen LogP contribution is 2.40. The maximum absolute atomic E-state index is 13.9. The number of unbranched alkanes of at least 4 members (excludes halogenated alkanes) is 1. The van der Waals surface area contributed by atoms with E-state index in [0.717, 1.165) is 5.56 Å². The van der Waals surface area contributed by atoms with Crippen LogP contribution >= 0.6 is 0 Å². The number of amides is 3. The Morgan fingerprint density at radius 1 is 1.16 bits per heavy atom. The lowest BCUT2D eigenvalue weighted by Crippen LogP contribution is -2.61. The molecule has 0 radical (unpaired) electrons. The van der Waals surface area contributed by atoms with Crippen molar-refractivity contribution in [2.45, 2.75) is 111 Å². The molecule has 4 N–H and O–H groups in total. The van der Waals surface area contributed by atoms with Gasteiger partial charge in [-0.1, -0.05) is 43.2 Å². The molecular weight excluding hydrogens is 569 g/mol. The zero-order valence-corrected chi connectivity index (χ0v) is 26.7. The number of aliphatic carboxylic acids is 1. The van der Waals surface area contributed by atoms with Crippen LogP contribution in [0.2, 0.25) is 6.32 Å². The molecule has 1 fully saturated rings. The fourth-order valence-corrected chi connectivity index (χ4v) is 5.34. The van der Waals surface area contributed by atoms with Crippen molar-refractivity contribution in [1.29, 1.82) is 0 Å². The zero-order chi connectivity index (χ0) is 33.1. The van der Waals surface area contributed by atoms with E-state index < -0.39 is 54.3 Å². The van der Waals surface area contributed by atoms with Gasteiger partial charge < -0.3 is 34.8 Å².